The zero-order valence-corrected chi connectivity index (χ0v) is 16.0. The molecule has 144 valence electrons. The molecule has 1 aliphatic rings. The summed E-state index contributed by atoms with van der Waals surface area (Å²) in [6.45, 7) is 2.27. The lowest BCUT2D eigenvalue weighted by Crippen LogP contribution is -2.41. The number of likely N-dealkylation sites (tertiary alicyclic amines) is 1. The zero-order valence-electron chi connectivity index (χ0n) is 16.0. The lowest BCUT2D eigenvalue weighted by atomic mass is 10.0. The van der Waals surface area contributed by atoms with Crippen LogP contribution in [0.4, 0.5) is 10.1 Å². The molecule has 0 unspecified atom stereocenters. The van der Waals surface area contributed by atoms with Crippen molar-refractivity contribution in [3.63, 3.8) is 0 Å². The summed E-state index contributed by atoms with van der Waals surface area (Å²) in [7, 11) is 4.34. The average molecular weight is 378 g/mol. The van der Waals surface area contributed by atoms with Crippen molar-refractivity contribution < 1.29 is 4.39 Å². The lowest BCUT2D eigenvalue weighted by molar-refractivity contribution is 0.253. The minimum absolute atomic E-state index is 0.284. The van der Waals surface area contributed by atoms with Crippen LogP contribution in [0.25, 0.3) is 33.5 Å². The maximum Gasteiger partial charge on any atom is 0.159 e. The van der Waals surface area contributed by atoms with Gasteiger partial charge in [0.05, 0.1) is 16.6 Å². The van der Waals surface area contributed by atoms with Crippen molar-refractivity contribution in [1.29, 1.82) is 0 Å². The molecule has 28 heavy (non-hydrogen) atoms. The first kappa shape index (κ1) is 17.2. The van der Waals surface area contributed by atoms with E-state index >= 15 is 0 Å². The van der Waals surface area contributed by atoms with Crippen LogP contribution < -0.4 is 4.90 Å². The Labute approximate surface area is 162 Å². The van der Waals surface area contributed by atoms with Gasteiger partial charge in [0.25, 0.3) is 0 Å². The second-order valence-corrected chi connectivity index (χ2v) is 7.69. The van der Waals surface area contributed by atoms with Crippen molar-refractivity contribution in [2.45, 2.75) is 18.9 Å². The number of piperidine rings is 1. The highest BCUT2D eigenvalue weighted by molar-refractivity contribution is 5.93. The fraction of sp³-hybridized carbons (Fsp3) is 0.333. The number of nitrogens with zero attached hydrogens (tertiary/aromatic N) is 4. The number of imidazole rings is 1. The largest absolute Gasteiger partial charge is 0.371 e. The first-order valence-electron chi connectivity index (χ1n) is 9.63. The smallest absolute Gasteiger partial charge is 0.159 e. The number of rotatable bonds is 3. The van der Waals surface area contributed by atoms with Crippen LogP contribution in [-0.4, -0.2) is 58.3 Å². The molecule has 0 amide bonds. The molecule has 5 rings (SSSR count). The summed E-state index contributed by atoms with van der Waals surface area (Å²) in [5.74, 6) is 0.360. The molecule has 2 N–H and O–H groups in total. The van der Waals surface area contributed by atoms with Crippen LogP contribution >= 0.6 is 0 Å². The van der Waals surface area contributed by atoms with Gasteiger partial charge < -0.3 is 14.8 Å². The van der Waals surface area contributed by atoms with E-state index in [0.29, 0.717) is 17.6 Å². The minimum Gasteiger partial charge on any atom is -0.371 e. The molecule has 3 heterocycles. The number of benzene rings is 2. The van der Waals surface area contributed by atoms with Crippen molar-refractivity contribution in [3.05, 3.63) is 42.2 Å². The van der Waals surface area contributed by atoms with E-state index in [1.165, 1.54) is 30.7 Å². The van der Waals surface area contributed by atoms with Gasteiger partial charge in [0.2, 0.25) is 0 Å². The van der Waals surface area contributed by atoms with E-state index in [9.17, 15) is 4.39 Å². The number of hydrogen-bond acceptors (Lipinski definition) is 4. The molecule has 0 atom stereocenters. The maximum absolute atomic E-state index is 13.7. The average Bonchev–Trinajstić information content (AvgIpc) is 3.30. The number of halogens is 1. The summed E-state index contributed by atoms with van der Waals surface area (Å²) in [6, 6.07) is 11.4. The minimum atomic E-state index is -0.284. The van der Waals surface area contributed by atoms with E-state index in [1.807, 2.05) is 6.07 Å². The molecule has 6 nitrogen and oxygen atoms in total. The van der Waals surface area contributed by atoms with Crippen LogP contribution in [0.3, 0.4) is 0 Å². The van der Waals surface area contributed by atoms with Gasteiger partial charge in [-0.05, 0) is 69.4 Å². The van der Waals surface area contributed by atoms with Crippen LogP contribution in [0.1, 0.15) is 12.8 Å². The Morgan fingerprint density at radius 3 is 2.75 bits per heavy atom. The highest BCUT2D eigenvalue weighted by Gasteiger charge is 2.21. The van der Waals surface area contributed by atoms with E-state index in [0.717, 1.165) is 35.0 Å². The molecule has 7 heteroatoms. The number of aromatic amines is 2. The number of anilines is 1. The molecule has 0 aliphatic carbocycles. The van der Waals surface area contributed by atoms with E-state index in [-0.39, 0.29) is 5.82 Å². The van der Waals surface area contributed by atoms with Crippen molar-refractivity contribution >= 4 is 27.6 Å². The molecule has 2 aromatic heterocycles. The second-order valence-electron chi connectivity index (χ2n) is 7.69. The van der Waals surface area contributed by atoms with Gasteiger partial charge >= 0.3 is 0 Å². The Bertz CT molecular complexity index is 1140. The first-order valence-corrected chi connectivity index (χ1v) is 9.63. The molecule has 1 fully saturated rings. The van der Waals surface area contributed by atoms with Crippen LogP contribution in [0.2, 0.25) is 0 Å². The van der Waals surface area contributed by atoms with Crippen LogP contribution in [0.15, 0.2) is 36.4 Å². The first-order chi connectivity index (χ1) is 13.6. The summed E-state index contributed by atoms with van der Waals surface area (Å²) in [5.41, 5.74) is 4.44. The highest BCUT2D eigenvalue weighted by Crippen LogP contribution is 2.29. The standard InChI is InChI=1S/C21H23FN6/c1-27-9-7-14(8-10-27)28(2)15-4-6-18-19(12-15)24-21(23-18)20-16-11-13(22)3-5-17(16)25-26-20/h3-6,11-12,14H,7-10H2,1-2H3,(H,23,24)(H,25,26). The number of nitrogens with one attached hydrogen (secondary N) is 2. The molecule has 1 aliphatic heterocycles. The molecule has 0 spiro atoms. The zero-order chi connectivity index (χ0) is 19.3. The number of aromatic nitrogens is 4. The van der Waals surface area contributed by atoms with E-state index in [4.69, 9.17) is 0 Å². The molecule has 0 bridgehead atoms. The van der Waals surface area contributed by atoms with E-state index < -0.39 is 0 Å². The predicted molar refractivity (Wildman–Crippen MR) is 110 cm³/mol. The van der Waals surface area contributed by atoms with Crippen molar-refractivity contribution in [2.75, 3.05) is 32.1 Å². The van der Waals surface area contributed by atoms with Gasteiger partial charge in [0.15, 0.2) is 5.82 Å². The highest BCUT2D eigenvalue weighted by atomic mass is 19.1. The summed E-state index contributed by atoms with van der Waals surface area (Å²) in [5, 5.41) is 8.01. The Kier molecular flexibility index (Phi) is 4.05. The maximum atomic E-state index is 13.7. The lowest BCUT2D eigenvalue weighted by Gasteiger charge is -2.36. The van der Waals surface area contributed by atoms with E-state index in [2.05, 4.69) is 56.2 Å². The van der Waals surface area contributed by atoms with Crippen LogP contribution in [0, 0.1) is 5.82 Å². The third kappa shape index (κ3) is 2.92. The Morgan fingerprint density at radius 2 is 1.93 bits per heavy atom. The third-order valence-corrected chi connectivity index (χ3v) is 5.86. The molecule has 0 radical (unpaired) electrons. The Hall–Kier alpha value is -2.93. The van der Waals surface area contributed by atoms with Crippen molar-refractivity contribution in [1.82, 2.24) is 25.1 Å². The molecule has 0 saturated carbocycles. The fourth-order valence-electron chi connectivity index (χ4n) is 4.09. The summed E-state index contributed by atoms with van der Waals surface area (Å²) < 4.78 is 13.7. The molecule has 4 aromatic rings. The Morgan fingerprint density at radius 1 is 1.11 bits per heavy atom. The molecular formula is C21H23FN6. The fourth-order valence-corrected chi connectivity index (χ4v) is 4.09. The van der Waals surface area contributed by atoms with Gasteiger partial charge in [-0.15, -0.1) is 0 Å². The SMILES string of the molecule is CN1CCC(N(C)c2ccc3nc(-c4n[nH]c5ccc(F)cc45)[nH]c3c2)CC1. The monoisotopic (exact) mass is 378 g/mol. The summed E-state index contributed by atoms with van der Waals surface area (Å²) in [4.78, 5) is 12.8. The van der Waals surface area contributed by atoms with Crippen LogP contribution in [-0.2, 0) is 0 Å². The molecular weight excluding hydrogens is 355 g/mol. The van der Waals surface area contributed by atoms with Gasteiger partial charge in [0.1, 0.15) is 11.5 Å². The van der Waals surface area contributed by atoms with E-state index in [1.54, 1.807) is 6.07 Å². The Balaban J connectivity index is 1.49. The number of H-pyrrole nitrogens is 2. The quantitative estimate of drug-likeness (QED) is 0.570. The van der Waals surface area contributed by atoms with Gasteiger partial charge in [-0.3, -0.25) is 5.10 Å². The van der Waals surface area contributed by atoms with Gasteiger partial charge in [-0.2, -0.15) is 5.10 Å². The predicted octanol–water partition coefficient (Wildman–Crippen LogP) is 3.78. The van der Waals surface area contributed by atoms with Gasteiger partial charge in [0, 0.05) is 24.2 Å². The van der Waals surface area contributed by atoms with Crippen molar-refractivity contribution in [3.8, 4) is 11.5 Å². The summed E-state index contributed by atoms with van der Waals surface area (Å²) in [6.07, 6.45) is 2.34. The number of fused-ring (bicyclic) bond motifs is 2. The molecule has 1 saturated heterocycles. The number of hydrogen-bond donors (Lipinski definition) is 2. The molecule has 2 aromatic carbocycles. The van der Waals surface area contributed by atoms with Gasteiger partial charge in [-0.25, -0.2) is 9.37 Å². The van der Waals surface area contributed by atoms with Crippen molar-refractivity contribution in [2.24, 2.45) is 0 Å². The summed E-state index contributed by atoms with van der Waals surface area (Å²) >= 11 is 0. The van der Waals surface area contributed by atoms with Gasteiger partial charge in [-0.1, -0.05) is 0 Å². The normalized spacial score (nSPS) is 16.2. The topological polar surface area (TPSA) is 63.8 Å². The van der Waals surface area contributed by atoms with Crippen LogP contribution in [0.5, 0.6) is 0 Å². The third-order valence-electron chi connectivity index (χ3n) is 5.86. The second kappa shape index (κ2) is 6.60.